The summed E-state index contributed by atoms with van der Waals surface area (Å²) in [5, 5.41) is 0.489. The van der Waals surface area contributed by atoms with E-state index in [0.717, 1.165) is 37.7 Å². The molecule has 0 saturated carbocycles. The zero-order valence-electron chi connectivity index (χ0n) is 18.7. The van der Waals surface area contributed by atoms with Crippen molar-refractivity contribution in [3.8, 4) is 6.08 Å². The van der Waals surface area contributed by atoms with Crippen molar-refractivity contribution in [3.63, 3.8) is 0 Å². The third kappa shape index (κ3) is 5.37. The van der Waals surface area contributed by atoms with Crippen molar-refractivity contribution in [2.45, 2.75) is 77.9 Å². The van der Waals surface area contributed by atoms with Gasteiger partial charge in [-0.1, -0.05) is 39.8 Å². The Hall–Kier alpha value is -1.92. The molecule has 1 aromatic heterocycles. The van der Waals surface area contributed by atoms with Gasteiger partial charge in [0.2, 0.25) is 0 Å². The summed E-state index contributed by atoms with van der Waals surface area (Å²) in [6.45, 7) is 11.1. The molecule has 6 nitrogen and oxygen atoms in total. The standard InChI is InChI=1S/C23H35NO5/c1-7-22(8-2,26-6)14-15-28-23(9-3,10-4)16-27-21-24-18-13-11-12-17(5)19(18)20(25)29-21/h11-13H,7-10,14-16H2,1-6H3. The van der Waals surface area contributed by atoms with Gasteiger partial charge in [-0.2, -0.15) is 4.98 Å². The Morgan fingerprint density at radius 3 is 2.28 bits per heavy atom. The van der Waals surface area contributed by atoms with Crippen molar-refractivity contribution in [2.24, 2.45) is 0 Å². The van der Waals surface area contributed by atoms with E-state index in [1.165, 1.54) is 0 Å². The topological polar surface area (TPSA) is 70.8 Å². The molecular weight excluding hydrogens is 370 g/mol. The lowest BCUT2D eigenvalue weighted by Gasteiger charge is -2.35. The maximum Gasteiger partial charge on any atom is 0.397 e. The van der Waals surface area contributed by atoms with Gasteiger partial charge in [0.15, 0.2) is 0 Å². The summed E-state index contributed by atoms with van der Waals surface area (Å²) in [7, 11) is 1.76. The van der Waals surface area contributed by atoms with Crippen LogP contribution in [0.2, 0.25) is 0 Å². The van der Waals surface area contributed by atoms with Crippen LogP contribution in [-0.4, -0.2) is 36.5 Å². The first-order valence-electron chi connectivity index (χ1n) is 10.6. The van der Waals surface area contributed by atoms with Crippen LogP contribution < -0.4 is 10.4 Å². The highest BCUT2D eigenvalue weighted by atomic mass is 16.6. The first kappa shape index (κ1) is 23.4. The van der Waals surface area contributed by atoms with Gasteiger partial charge in [-0.05, 0) is 50.7 Å². The van der Waals surface area contributed by atoms with E-state index in [9.17, 15) is 4.79 Å². The summed E-state index contributed by atoms with van der Waals surface area (Å²) in [6, 6.07) is 5.51. The van der Waals surface area contributed by atoms with E-state index in [-0.39, 0.29) is 18.3 Å². The third-order valence-corrected chi connectivity index (χ3v) is 6.28. The molecule has 0 aliphatic carbocycles. The molecule has 1 heterocycles. The molecule has 0 aliphatic rings. The van der Waals surface area contributed by atoms with E-state index in [2.05, 4.69) is 32.7 Å². The predicted molar refractivity (Wildman–Crippen MR) is 115 cm³/mol. The largest absolute Gasteiger partial charge is 0.447 e. The minimum absolute atomic E-state index is 0.0173. The Labute approximate surface area is 173 Å². The Bertz CT molecular complexity index is 829. The van der Waals surface area contributed by atoms with Crippen molar-refractivity contribution in [1.29, 1.82) is 0 Å². The van der Waals surface area contributed by atoms with E-state index in [1.807, 2.05) is 19.1 Å². The fraction of sp³-hybridized carbons (Fsp3) is 0.652. The second-order valence-corrected chi connectivity index (χ2v) is 7.61. The molecule has 2 aromatic rings. The number of hydrogen-bond acceptors (Lipinski definition) is 6. The predicted octanol–water partition coefficient (Wildman–Crippen LogP) is 5.05. The lowest BCUT2D eigenvalue weighted by Crippen LogP contribution is -2.40. The lowest BCUT2D eigenvalue weighted by molar-refractivity contribution is -0.109. The number of aromatic nitrogens is 1. The van der Waals surface area contributed by atoms with Crippen LogP contribution in [0.4, 0.5) is 0 Å². The Balaban J connectivity index is 2.10. The number of hydrogen-bond donors (Lipinski definition) is 0. The van der Waals surface area contributed by atoms with Crippen LogP contribution in [0.5, 0.6) is 6.08 Å². The van der Waals surface area contributed by atoms with E-state index in [0.29, 0.717) is 17.5 Å². The molecule has 0 atom stereocenters. The van der Waals surface area contributed by atoms with Gasteiger partial charge in [0.05, 0.1) is 23.1 Å². The van der Waals surface area contributed by atoms with Gasteiger partial charge >= 0.3 is 11.7 Å². The minimum Gasteiger partial charge on any atom is -0.447 e. The average Bonchev–Trinajstić information content (AvgIpc) is 2.74. The van der Waals surface area contributed by atoms with Gasteiger partial charge in [-0.25, -0.2) is 4.79 Å². The van der Waals surface area contributed by atoms with Crippen molar-refractivity contribution in [2.75, 3.05) is 20.3 Å². The van der Waals surface area contributed by atoms with Gasteiger partial charge in [0, 0.05) is 7.11 Å². The molecule has 0 amide bonds. The van der Waals surface area contributed by atoms with Crippen LogP contribution in [0.3, 0.4) is 0 Å². The molecule has 0 spiro atoms. The molecule has 6 heteroatoms. The lowest BCUT2D eigenvalue weighted by atomic mass is 9.93. The second-order valence-electron chi connectivity index (χ2n) is 7.61. The number of methoxy groups -OCH3 is 1. The molecule has 0 radical (unpaired) electrons. The van der Waals surface area contributed by atoms with E-state index in [4.69, 9.17) is 18.6 Å². The molecule has 0 bridgehead atoms. The number of fused-ring (bicyclic) bond motifs is 1. The van der Waals surface area contributed by atoms with Gasteiger partial charge in [-0.15, -0.1) is 0 Å². The number of aryl methyl sites for hydroxylation is 1. The van der Waals surface area contributed by atoms with Gasteiger partial charge in [-0.3, -0.25) is 0 Å². The number of benzene rings is 1. The fourth-order valence-electron chi connectivity index (χ4n) is 3.67. The number of ether oxygens (including phenoxy) is 3. The maximum atomic E-state index is 12.3. The first-order chi connectivity index (χ1) is 13.9. The van der Waals surface area contributed by atoms with Crippen molar-refractivity contribution < 1.29 is 18.6 Å². The van der Waals surface area contributed by atoms with Crippen LogP contribution in [0.15, 0.2) is 27.4 Å². The summed E-state index contributed by atoms with van der Waals surface area (Å²) >= 11 is 0. The summed E-state index contributed by atoms with van der Waals surface area (Å²) in [5.74, 6) is 0. The maximum absolute atomic E-state index is 12.3. The first-order valence-corrected chi connectivity index (χ1v) is 10.6. The van der Waals surface area contributed by atoms with Gasteiger partial charge in [0.1, 0.15) is 12.2 Å². The van der Waals surface area contributed by atoms with Crippen LogP contribution in [0.25, 0.3) is 10.9 Å². The van der Waals surface area contributed by atoms with Crippen molar-refractivity contribution >= 4 is 10.9 Å². The molecule has 0 aliphatic heterocycles. The number of nitrogens with zero attached hydrogens (tertiary/aromatic N) is 1. The quantitative estimate of drug-likeness (QED) is 0.492. The minimum atomic E-state index is -0.469. The van der Waals surface area contributed by atoms with Crippen LogP contribution in [0.1, 0.15) is 65.4 Å². The molecular formula is C23H35NO5. The second kappa shape index (κ2) is 10.2. The summed E-state index contributed by atoms with van der Waals surface area (Å²) in [5.41, 5.74) is 0.356. The van der Waals surface area contributed by atoms with E-state index < -0.39 is 11.2 Å². The molecule has 0 fully saturated rings. The summed E-state index contributed by atoms with van der Waals surface area (Å²) < 4.78 is 23.1. The highest BCUT2D eigenvalue weighted by molar-refractivity contribution is 5.80. The third-order valence-electron chi connectivity index (χ3n) is 6.28. The normalized spacial score (nSPS) is 12.5. The molecule has 162 valence electrons. The number of rotatable bonds is 12. The Kier molecular flexibility index (Phi) is 8.23. The van der Waals surface area contributed by atoms with Crippen LogP contribution in [-0.2, 0) is 9.47 Å². The van der Waals surface area contributed by atoms with E-state index >= 15 is 0 Å². The molecule has 29 heavy (non-hydrogen) atoms. The highest BCUT2D eigenvalue weighted by Crippen LogP contribution is 2.28. The fourth-order valence-corrected chi connectivity index (χ4v) is 3.67. The summed E-state index contributed by atoms with van der Waals surface area (Å²) in [4.78, 5) is 16.7. The highest BCUT2D eigenvalue weighted by Gasteiger charge is 2.31. The molecule has 2 rings (SSSR count). The van der Waals surface area contributed by atoms with Crippen molar-refractivity contribution in [3.05, 3.63) is 34.2 Å². The Morgan fingerprint density at radius 1 is 1.03 bits per heavy atom. The Morgan fingerprint density at radius 2 is 1.69 bits per heavy atom. The average molecular weight is 406 g/mol. The van der Waals surface area contributed by atoms with Crippen molar-refractivity contribution in [1.82, 2.24) is 4.98 Å². The molecule has 0 saturated heterocycles. The van der Waals surface area contributed by atoms with Gasteiger partial charge in [0.25, 0.3) is 0 Å². The molecule has 1 aromatic carbocycles. The van der Waals surface area contributed by atoms with Gasteiger partial charge < -0.3 is 18.6 Å². The summed E-state index contributed by atoms with van der Waals surface area (Å²) in [6.07, 6.45) is 4.24. The SMILES string of the molecule is CCC(CC)(CCOC(CC)(CC)COc1nc2cccc(C)c2c(=O)o1)OC. The zero-order valence-corrected chi connectivity index (χ0v) is 18.7. The smallest absolute Gasteiger partial charge is 0.397 e. The molecule has 0 unspecified atom stereocenters. The molecule has 0 N–H and O–H groups in total. The van der Waals surface area contributed by atoms with Crippen LogP contribution in [0, 0.1) is 6.92 Å². The zero-order chi connectivity index (χ0) is 21.5. The van der Waals surface area contributed by atoms with E-state index in [1.54, 1.807) is 13.2 Å². The monoisotopic (exact) mass is 405 g/mol. The van der Waals surface area contributed by atoms with Crippen LogP contribution >= 0.6 is 0 Å².